The zero-order chi connectivity index (χ0) is 11.8. The summed E-state index contributed by atoms with van der Waals surface area (Å²) in [5.41, 5.74) is 0. The van der Waals surface area contributed by atoms with Crippen LogP contribution in [0.3, 0.4) is 0 Å². The Morgan fingerprint density at radius 1 is 1.56 bits per heavy atom. The number of tetrazole rings is 1. The first-order chi connectivity index (χ1) is 7.47. The monoisotopic (exact) mass is 260 g/mol. The Labute approximate surface area is 96.2 Å². The average Bonchev–Trinajstić information content (AvgIpc) is 2.64. The standard InChI is InChI=1S/C7H8N4O3S2/c12-16(13,14)7(4-2-1-3-5-7)11-6(15)8-9-10-11/h1-4H,5H2,(H,8,10,15)(H,12,13,14). The lowest BCUT2D eigenvalue weighted by Gasteiger charge is -2.27. The number of nitrogens with one attached hydrogen (secondary N) is 1. The van der Waals surface area contributed by atoms with Gasteiger partial charge < -0.3 is 0 Å². The van der Waals surface area contributed by atoms with Gasteiger partial charge in [0.2, 0.25) is 9.64 Å². The van der Waals surface area contributed by atoms with Gasteiger partial charge in [0, 0.05) is 6.42 Å². The zero-order valence-corrected chi connectivity index (χ0v) is 9.57. The summed E-state index contributed by atoms with van der Waals surface area (Å²) in [4.78, 5) is -1.68. The second kappa shape index (κ2) is 3.61. The van der Waals surface area contributed by atoms with E-state index >= 15 is 0 Å². The maximum absolute atomic E-state index is 11.5. The highest BCUT2D eigenvalue weighted by molar-refractivity contribution is 7.86. The van der Waals surface area contributed by atoms with Gasteiger partial charge in [-0.1, -0.05) is 28.5 Å². The lowest BCUT2D eigenvalue weighted by atomic mass is 10.1. The van der Waals surface area contributed by atoms with Crippen molar-refractivity contribution in [2.75, 3.05) is 0 Å². The lowest BCUT2D eigenvalue weighted by molar-refractivity contribution is 0.371. The summed E-state index contributed by atoms with van der Waals surface area (Å²) < 4.78 is 33.3. The topological polar surface area (TPSA) is 101 Å². The van der Waals surface area contributed by atoms with E-state index in [1.165, 1.54) is 12.2 Å². The highest BCUT2D eigenvalue weighted by Crippen LogP contribution is 2.31. The molecule has 0 bridgehead atoms. The lowest BCUT2D eigenvalue weighted by Crippen LogP contribution is -2.41. The van der Waals surface area contributed by atoms with Crippen LogP contribution in [0.15, 0.2) is 24.3 Å². The molecule has 2 rings (SSSR count). The minimum atomic E-state index is -4.39. The molecule has 0 amide bonds. The highest BCUT2D eigenvalue weighted by atomic mass is 32.2. The molecule has 86 valence electrons. The van der Waals surface area contributed by atoms with Crippen LogP contribution in [0.4, 0.5) is 0 Å². The molecule has 1 heterocycles. The van der Waals surface area contributed by atoms with Crippen molar-refractivity contribution >= 4 is 22.3 Å². The number of aromatic nitrogens is 4. The van der Waals surface area contributed by atoms with Crippen LogP contribution in [0.25, 0.3) is 0 Å². The van der Waals surface area contributed by atoms with Crippen LogP contribution in [-0.4, -0.2) is 33.2 Å². The Bertz CT molecular complexity index is 612. The third-order valence-corrected chi connectivity index (χ3v) is 3.95. The van der Waals surface area contributed by atoms with E-state index in [1.54, 1.807) is 12.2 Å². The van der Waals surface area contributed by atoms with Crippen molar-refractivity contribution in [3.8, 4) is 0 Å². The van der Waals surface area contributed by atoms with Gasteiger partial charge in [-0.3, -0.25) is 4.55 Å². The minimum Gasteiger partial charge on any atom is -0.283 e. The van der Waals surface area contributed by atoms with Crippen molar-refractivity contribution in [1.29, 1.82) is 0 Å². The van der Waals surface area contributed by atoms with Crippen LogP contribution in [0.5, 0.6) is 0 Å². The zero-order valence-electron chi connectivity index (χ0n) is 7.94. The Morgan fingerprint density at radius 3 is 2.75 bits per heavy atom. The van der Waals surface area contributed by atoms with Gasteiger partial charge in [0.05, 0.1) is 0 Å². The number of hydrogen-bond donors (Lipinski definition) is 2. The minimum absolute atomic E-state index is 0.0439. The second-order valence-electron chi connectivity index (χ2n) is 3.23. The van der Waals surface area contributed by atoms with Gasteiger partial charge in [0.15, 0.2) is 0 Å². The number of H-pyrrole nitrogens is 1. The molecule has 0 aliphatic heterocycles. The van der Waals surface area contributed by atoms with Crippen molar-refractivity contribution in [2.24, 2.45) is 0 Å². The van der Waals surface area contributed by atoms with E-state index in [4.69, 9.17) is 12.2 Å². The molecule has 2 N–H and O–H groups in total. The van der Waals surface area contributed by atoms with Crippen LogP contribution in [0.1, 0.15) is 6.42 Å². The van der Waals surface area contributed by atoms with Gasteiger partial charge in [-0.15, -0.1) is 0 Å². The van der Waals surface area contributed by atoms with Crippen LogP contribution in [0.2, 0.25) is 0 Å². The molecule has 0 radical (unpaired) electrons. The summed E-state index contributed by atoms with van der Waals surface area (Å²) in [6, 6.07) is 0. The van der Waals surface area contributed by atoms with E-state index < -0.39 is 15.0 Å². The van der Waals surface area contributed by atoms with E-state index in [1.807, 2.05) is 0 Å². The average molecular weight is 260 g/mol. The Kier molecular flexibility index (Phi) is 2.52. The van der Waals surface area contributed by atoms with Gasteiger partial charge in [-0.05, 0) is 18.3 Å². The first-order valence-corrected chi connectivity index (χ1v) is 6.14. The summed E-state index contributed by atoms with van der Waals surface area (Å²) in [6.45, 7) is 0. The Hall–Kier alpha value is -1.32. The predicted octanol–water partition coefficient (Wildman–Crippen LogP) is 0.392. The first kappa shape index (κ1) is 11.2. The maximum Gasteiger partial charge on any atom is 0.295 e. The van der Waals surface area contributed by atoms with E-state index in [0.29, 0.717) is 0 Å². The van der Waals surface area contributed by atoms with Crippen LogP contribution in [-0.2, 0) is 15.0 Å². The van der Waals surface area contributed by atoms with Gasteiger partial charge in [0.25, 0.3) is 10.1 Å². The molecule has 1 unspecified atom stereocenters. The first-order valence-electron chi connectivity index (χ1n) is 4.29. The predicted molar refractivity (Wildman–Crippen MR) is 57.6 cm³/mol. The Morgan fingerprint density at radius 2 is 2.31 bits per heavy atom. The number of allylic oxidation sites excluding steroid dienone is 3. The Balaban J connectivity index is 2.71. The highest BCUT2D eigenvalue weighted by Gasteiger charge is 2.44. The molecule has 1 aliphatic rings. The van der Waals surface area contributed by atoms with Crippen molar-refractivity contribution in [3.63, 3.8) is 0 Å². The third-order valence-electron chi connectivity index (χ3n) is 2.31. The fourth-order valence-corrected chi connectivity index (χ4v) is 2.72. The summed E-state index contributed by atoms with van der Waals surface area (Å²) in [6.07, 6.45) is 6.19. The SMILES string of the molecule is O=S(=O)(O)C1(n2[nH]nnc2=S)C=CC=CC1. The molecule has 16 heavy (non-hydrogen) atoms. The molecule has 0 fully saturated rings. The molecule has 0 saturated heterocycles. The number of nitrogens with zero attached hydrogens (tertiary/aromatic N) is 3. The summed E-state index contributed by atoms with van der Waals surface area (Å²) >= 11 is 4.83. The summed E-state index contributed by atoms with van der Waals surface area (Å²) in [5.74, 6) is 0. The molecule has 9 heteroatoms. The summed E-state index contributed by atoms with van der Waals surface area (Å²) in [7, 11) is -4.39. The fourth-order valence-electron chi connectivity index (χ4n) is 1.51. The third kappa shape index (κ3) is 1.52. The van der Waals surface area contributed by atoms with Gasteiger partial charge >= 0.3 is 0 Å². The van der Waals surface area contributed by atoms with Gasteiger partial charge in [-0.25, -0.2) is 4.68 Å². The molecule has 0 spiro atoms. The van der Waals surface area contributed by atoms with Crippen LogP contribution in [0, 0.1) is 4.77 Å². The molecule has 1 aromatic heterocycles. The van der Waals surface area contributed by atoms with Crippen molar-refractivity contribution in [2.45, 2.75) is 11.3 Å². The second-order valence-corrected chi connectivity index (χ2v) is 5.25. The van der Waals surface area contributed by atoms with Crippen LogP contribution < -0.4 is 0 Å². The molecule has 0 saturated carbocycles. The fraction of sp³-hybridized carbons (Fsp3) is 0.286. The van der Waals surface area contributed by atoms with E-state index in [0.717, 1.165) is 4.68 Å². The smallest absolute Gasteiger partial charge is 0.283 e. The van der Waals surface area contributed by atoms with E-state index in [9.17, 15) is 13.0 Å². The summed E-state index contributed by atoms with van der Waals surface area (Å²) in [5, 5.41) is 9.24. The molecule has 1 aliphatic carbocycles. The quantitative estimate of drug-likeness (QED) is 0.589. The molecular weight excluding hydrogens is 252 g/mol. The normalized spacial score (nSPS) is 24.8. The molecular formula is C7H8N4O3S2. The van der Waals surface area contributed by atoms with Crippen LogP contribution >= 0.6 is 12.2 Å². The van der Waals surface area contributed by atoms with Gasteiger partial charge in [-0.2, -0.15) is 13.6 Å². The number of hydrogen-bond acceptors (Lipinski definition) is 5. The van der Waals surface area contributed by atoms with Gasteiger partial charge in [0.1, 0.15) is 0 Å². The maximum atomic E-state index is 11.5. The van der Waals surface area contributed by atoms with Crippen molar-refractivity contribution in [3.05, 3.63) is 29.1 Å². The largest absolute Gasteiger partial charge is 0.295 e. The molecule has 1 aromatic rings. The molecule has 0 aromatic carbocycles. The number of aromatic amines is 1. The van der Waals surface area contributed by atoms with Crippen molar-refractivity contribution in [1.82, 2.24) is 20.2 Å². The number of rotatable bonds is 2. The molecule has 7 nitrogen and oxygen atoms in total. The van der Waals surface area contributed by atoms with E-state index in [-0.39, 0.29) is 11.2 Å². The van der Waals surface area contributed by atoms with Crippen molar-refractivity contribution < 1.29 is 13.0 Å². The molecule has 1 atom stereocenters. The van der Waals surface area contributed by atoms with E-state index in [2.05, 4.69) is 15.5 Å².